The summed E-state index contributed by atoms with van der Waals surface area (Å²) in [5.74, 6) is 0. The first-order valence-corrected chi connectivity index (χ1v) is 11.1. The Morgan fingerprint density at radius 1 is 0.316 bits per heavy atom. The largest absolute Gasteiger partial charge is 0.309 e. The van der Waals surface area contributed by atoms with Gasteiger partial charge in [0.15, 0.2) is 0 Å². The van der Waals surface area contributed by atoms with Crippen molar-refractivity contribution in [1.29, 1.82) is 0 Å². The number of aromatic nitrogens is 2. The Morgan fingerprint density at radius 3 is 0.868 bits per heavy atom. The zero-order valence-corrected chi connectivity index (χ0v) is 18.9. The van der Waals surface area contributed by atoms with E-state index >= 15 is 0 Å². The molecule has 6 aromatic carbocycles. The van der Waals surface area contributed by atoms with E-state index in [4.69, 9.17) is 27.4 Å². The van der Waals surface area contributed by atoms with Crippen LogP contribution in [0.2, 0.25) is 0 Å². The lowest BCUT2D eigenvalue weighted by molar-refractivity contribution is 1.18. The number of hydrogen-bond acceptors (Lipinski definition) is 0. The Morgan fingerprint density at radius 2 is 0.579 bits per heavy atom. The molecule has 178 valence electrons. The van der Waals surface area contributed by atoms with Crippen molar-refractivity contribution in [1.82, 2.24) is 9.13 Å². The number of para-hydroxylation sites is 4. The van der Waals surface area contributed by atoms with Crippen molar-refractivity contribution in [2.45, 2.75) is 0 Å². The molecule has 2 heterocycles. The molecule has 8 aromatic rings. The third-order valence-electron chi connectivity index (χ3n) is 5.99. The van der Waals surface area contributed by atoms with E-state index in [9.17, 15) is 5.48 Å². The van der Waals surface area contributed by atoms with Gasteiger partial charge >= 0.3 is 0 Å². The molecule has 2 nitrogen and oxygen atoms in total. The van der Waals surface area contributed by atoms with Crippen molar-refractivity contribution in [3.63, 3.8) is 0 Å². The van der Waals surface area contributed by atoms with Crippen molar-refractivity contribution < 1.29 is 32.9 Å². The van der Waals surface area contributed by atoms with Crippen LogP contribution in [-0.4, -0.2) is 9.13 Å². The zero-order chi connectivity index (χ0) is 45.9. The van der Waals surface area contributed by atoms with Crippen LogP contribution in [0.4, 0.5) is 0 Å². The molecule has 2 aromatic heterocycles. The molecule has 38 heavy (non-hydrogen) atoms. The number of benzene rings is 6. The van der Waals surface area contributed by atoms with Crippen LogP contribution in [0.25, 0.3) is 66.1 Å². The molecule has 0 spiro atoms. The Kier molecular flexibility index (Phi) is 1.78. The van der Waals surface area contributed by atoms with Gasteiger partial charge in [0.1, 0.15) is 0 Å². The third-order valence-corrected chi connectivity index (χ3v) is 5.99. The van der Waals surface area contributed by atoms with E-state index in [2.05, 4.69) is 0 Å². The highest BCUT2D eigenvalue weighted by Crippen LogP contribution is 2.34. The Hall–Kier alpha value is -5.08. The lowest BCUT2D eigenvalue weighted by Crippen LogP contribution is -1.94. The average Bonchev–Trinajstić information content (AvgIpc) is 3.78. The molecule has 0 atom stereocenters. The van der Waals surface area contributed by atoms with E-state index in [1.165, 1.54) is 0 Å². The minimum atomic E-state index is -1.01. The average molecular weight is 509 g/mol. The van der Waals surface area contributed by atoms with Crippen molar-refractivity contribution >= 4 is 43.6 Å². The summed E-state index contributed by atoms with van der Waals surface area (Å²) < 4.78 is 211. The van der Waals surface area contributed by atoms with E-state index in [-0.39, 0.29) is 0 Å². The molecular formula is C36H24N2. The molecule has 0 fully saturated rings. The summed E-state index contributed by atoms with van der Waals surface area (Å²) in [6, 6.07) is -20.4. The maximum Gasteiger partial charge on any atom is 0.0645 e. The molecule has 0 saturated carbocycles. The highest BCUT2D eigenvalue weighted by atomic mass is 15.0. The van der Waals surface area contributed by atoms with Crippen molar-refractivity contribution in [3.05, 3.63) is 145 Å². The van der Waals surface area contributed by atoms with Crippen LogP contribution in [0.1, 0.15) is 32.9 Å². The van der Waals surface area contributed by atoms with Gasteiger partial charge in [0.25, 0.3) is 0 Å². The normalized spacial score (nSPS) is 20.5. The second kappa shape index (κ2) is 8.22. The second-order valence-corrected chi connectivity index (χ2v) is 8.01. The predicted molar refractivity (Wildman–Crippen MR) is 161 cm³/mol. The Bertz CT molecular complexity index is 3020. The Balaban J connectivity index is 1.51. The zero-order valence-electron chi connectivity index (χ0n) is 42.9. The van der Waals surface area contributed by atoms with Crippen molar-refractivity contribution in [2.75, 3.05) is 0 Å². The summed E-state index contributed by atoms with van der Waals surface area (Å²) in [7, 11) is 0. The van der Waals surface area contributed by atoms with Crippen LogP contribution < -0.4 is 0 Å². The highest BCUT2D eigenvalue weighted by Gasteiger charge is 2.13. The van der Waals surface area contributed by atoms with Crippen LogP contribution in [0.3, 0.4) is 0 Å². The second-order valence-electron chi connectivity index (χ2n) is 8.01. The van der Waals surface area contributed by atoms with E-state index in [0.717, 1.165) is 9.13 Å². The lowest BCUT2D eigenvalue weighted by atomic mass is 10.0. The first kappa shape index (κ1) is 8.21. The van der Waals surface area contributed by atoms with E-state index in [1.54, 1.807) is 0 Å². The molecule has 0 bridgehead atoms. The molecule has 0 radical (unpaired) electrons. The molecule has 0 saturated heterocycles. The quantitative estimate of drug-likeness (QED) is 0.225. The van der Waals surface area contributed by atoms with E-state index < -0.39 is 211 Å². The van der Waals surface area contributed by atoms with Gasteiger partial charge < -0.3 is 9.13 Å². The topological polar surface area (TPSA) is 9.86 Å². The molecule has 8 rings (SSSR count). The maximum absolute atomic E-state index is 9.18. The molecule has 2 heteroatoms. The van der Waals surface area contributed by atoms with Gasteiger partial charge in [-0.1, -0.05) is 96.7 Å². The van der Waals surface area contributed by atoms with Crippen LogP contribution in [0.15, 0.2) is 145 Å². The number of rotatable bonds is 3. The SMILES string of the molecule is [2H]c1c([2H])c(-n2c3c([2H])c([2H])c([2H])c([2H])c3c3c([2H])c([2H])c([2H])c([2H])c32)c([2H])c([2H])c1-c1c([2H])c([2H])c(-n2c3c([2H])c([2H])c([2H])c([2H])c3c3c([2H])c([2H])c([2H])c([2H])c32)c([2H])c1[2H]. The van der Waals surface area contributed by atoms with Gasteiger partial charge in [0.2, 0.25) is 0 Å². The van der Waals surface area contributed by atoms with Gasteiger partial charge in [-0.2, -0.15) is 0 Å². The molecule has 0 N–H and O–H groups in total. The smallest absolute Gasteiger partial charge is 0.0645 e. The van der Waals surface area contributed by atoms with Crippen LogP contribution in [-0.2, 0) is 0 Å². The predicted octanol–water partition coefficient (Wildman–Crippen LogP) is 9.55. The summed E-state index contributed by atoms with van der Waals surface area (Å²) in [5.41, 5.74) is -5.15. The lowest BCUT2D eigenvalue weighted by Gasteiger charge is -2.11. The monoisotopic (exact) mass is 508 g/mol. The summed E-state index contributed by atoms with van der Waals surface area (Å²) in [4.78, 5) is 0. The van der Waals surface area contributed by atoms with Gasteiger partial charge in [0, 0.05) is 32.9 Å². The first-order valence-electron chi connectivity index (χ1n) is 23.1. The number of nitrogens with zero attached hydrogens (tertiary/aromatic N) is 2. The summed E-state index contributed by atoms with van der Waals surface area (Å²) >= 11 is 0. The Labute approximate surface area is 254 Å². The minimum absolute atomic E-state index is 0.408. The summed E-state index contributed by atoms with van der Waals surface area (Å²) in [6.45, 7) is 0. The summed E-state index contributed by atoms with van der Waals surface area (Å²) in [5, 5.41) is -1.63. The molecule has 0 aliphatic rings. The molecule has 0 aliphatic heterocycles. The van der Waals surface area contributed by atoms with Crippen LogP contribution in [0.5, 0.6) is 0 Å². The number of hydrogen-bond donors (Lipinski definition) is 0. The van der Waals surface area contributed by atoms with E-state index in [0.29, 0.717) is 0 Å². The highest BCUT2D eigenvalue weighted by molar-refractivity contribution is 6.10. The van der Waals surface area contributed by atoms with Gasteiger partial charge in [-0.25, -0.2) is 0 Å². The molecule has 0 amide bonds. The summed E-state index contributed by atoms with van der Waals surface area (Å²) in [6.07, 6.45) is 0. The molecular weight excluding hydrogens is 460 g/mol. The first-order chi connectivity index (χ1) is 28.9. The van der Waals surface area contributed by atoms with Crippen LogP contribution >= 0.6 is 0 Å². The van der Waals surface area contributed by atoms with Crippen molar-refractivity contribution in [2.24, 2.45) is 0 Å². The number of fused-ring (bicyclic) bond motifs is 6. The van der Waals surface area contributed by atoms with Crippen molar-refractivity contribution in [3.8, 4) is 22.5 Å². The fraction of sp³-hybridized carbons (Fsp3) is 0. The fourth-order valence-electron chi connectivity index (χ4n) is 4.37. The van der Waals surface area contributed by atoms with Gasteiger partial charge in [-0.3, -0.25) is 0 Å². The standard InChI is InChI=1S/C36H24N2/c1-5-13-33-29(9-1)30-10-2-6-14-34(30)37(33)27-21-17-25(18-22-27)26-19-23-28(24-20-26)38-35-15-7-3-11-31(35)32-12-4-8-16-36(32)38/h1-24H/i1D,2D,3D,4D,5D,6D,7D,8D,9D,10D,11D,12D,13D,14D,15D,16D,17D,18D,19D,20D,21D,22D,23D,24D. The third kappa shape index (κ3) is 3.07. The minimum Gasteiger partial charge on any atom is -0.309 e. The molecule has 0 aliphatic carbocycles. The molecule has 0 unspecified atom stereocenters. The van der Waals surface area contributed by atoms with Gasteiger partial charge in [-0.15, -0.1) is 0 Å². The van der Waals surface area contributed by atoms with Gasteiger partial charge in [0.05, 0.1) is 55.0 Å². The van der Waals surface area contributed by atoms with Crippen LogP contribution in [0, 0.1) is 0 Å². The maximum atomic E-state index is 9.18. The van der Waals surface area contributed by atoms with Gasteiger partial charge in [-0.05, 0) is 59.5 Å². The van der Waals surface area contributed by atoms with E-state index in [1.807, 2.05) is 0 Å². The fourth-order valence-corrected chi connectivity index (χ4v) is 4.37.